The SMILES string of the molecule is O=C(CCc1cnn(-c2ccccc2)c1)NCCCC(=O)N1CCc2ccccc2C1. The first-order valence-corrected chi connectivity index (χ1v) is 10.9. The zero-order valence-electron chi connectivity index (χ0n) is 17.7. The second kappa shape index (κ2) is 10.1. The number of benzene rings is 2. The standard InChI is InChI=1S/C25H28N4O2/c30-24(13-12-20-17-27-29(18-20)23-9-2-1-3-10-23)26-15-6-11-25(31)28-16-14-21-7-4-5-8-22(21)19-28/h1-5,7-10,17-18H,6,11-16,19H2,(H,26,30). The number of hydrogen-bond donors (Lipinski definition) is 1. The second-order valence-electron chi connectivity index (χ2n) is 7.92. The molecule has 0 bridgehead atoms. The highest BCUT2D eigenvalue weighted by Gasteiger charge is 2.19. The lowest BCUT2D eigenvalue weighted by molar-refractivity contribution is -0.132. The van der Waals surface area contributed by atoms with Crippen molar-refractivity contribution in [3.8, 4) is 5.69 Å². The van der Waals surface area contributed by atoms with Crippen molar-refractivity contribution in [1.29, 1.82) is 0 Å². The van der Waals surface area contributed by atoms with E-state index in [2.05, 4.69) is 22.5 Å². The van der Waals surface area contributed by atoms with Crippen LogP contribution in [-0.2, 0) is 29.0 Å². The van der Waals surface area contributed by atoms with Crippen LogP contribution >= 0.6 is 0 Å². The van der Waals surface area contributed by atoms with Crippen molar-refractivity contribution in [2.45, 2.75) is 38.6 Å². The number of aryl methyl sites for hydroxylation is 1. The van der Waals surface area contributed by atoms with E-state index in [1.807, 2.05) is 58.2 Å². The van der Waals surface area contributed by atoms with Gasteiger partial charge in [-0.3, -0.25) is 9.59 Å². The Morgan fingerprint density at radius 2 is 1.74 bits per heavy atom. The molecular weight excluding hydrogens is 388 g/mol. The molecule has 0 unspecified atom stereocenters. The van der Waals surface area contributed by atoms with Gasteiger partial charge in [-0.15, -0.1) is 0 Å². The summed E-state index contributed by atoms with van der Waals surface area (Å²) in [6.07, 6.45) is 6.86. The Morgan fingerprint density at radius 1 is 0.968 bits per heavy atom. The highest BCUT2D eigenvalue weighted by molar-refractivity contribution is 5.77. The topological polar surface area (TPSA) is 67.2 Å². The summed E-state index contributed by atoms with van der Waals surface area (Å²) in [7, 11) is 0. The van der Waals surface area contributed by atoms with E-state index in [1.165, 1.54) is 11.1 Å². The Labute approximate surface area is 182 Å². The van der Waals surface area contributed by atoms with Crippen LogP contribution in [0.1, 0.15) is 36.0 Å². The summed E-state index contributed by atoms with van der Waals surface area (Å²) in [5.41, 5.74) is 4.61. The molecule has 2 heterocycles. The molecule has 0 saturated heterocycles. The summed E-state index contributed by atoms with van der Waals surface area (Å²) >= 11 is 0. The molecule has 31 heavy (non-hydrogen) atoms. The van der Waals surface area contributed by atoms with E-state index in [9.17, 15) is 9.59 Å². The van der Waals surface area contributed by atoms with Crippen molar-refractivity contribution in [3.05, 3.63) is 83.7 Å². The maximum Gasteiger partial charge on any atom is 0.222 e. The predicted molar refractivity (Wildman–Crippen MR) is 120 cm³/mol. The first kappa shape index (κ1) is 20.8. The van der Waals surface area contributed by atoms with Crippen LogP contribution in [-0.4, -0.2) is 39.6 Å². The molecule has 0 fully saturated rings. The highest BCUT2D eigenvalue weighted by atomic mass is 16.2. The van der Waals surface area contributed by atoms with Crippen molar-refractivity contribution < 1.29 is 9.59 Å². The van der Waals surface area contributed by atoms with E-state index in [-0.39, 0.29) is 11.8 Å². The van der Waals surface area contributed by atoms with Crippen LogP contribution in [0, 0.1) is 0 Å². The summed E-state index contributed by atoms with van der Waals surface area (Å²) in [5, 5.41) is 7.29. The molecule has 1 N–H and O–H groups in total. The Kier molecular flexibility index (Phi) is 6.77. The number of hydrogen-bond acceptors (Lipinski definition) is 3. The van der Waals surface area contributed by atoms with Gasteiger partial charge in [-0.05, 0) is 48.1 Å². The minimum atomic E-state index is 0.00631. The maximum absolute atomic E-state index is 12.5. The monoisotopic (exact) mass is 416 g/mol. The van der Waals surface area contributed by atoms with Crippen LogP contribution in [0.15, 0.2) is 67.0 Å². The fraction of sp³-hybridized carbons (Fsp3) is 0.320. The van der Waals surface area contributed by atoms with E-state index >= 15 is 0 Å². The molecule has 4 rings (SSSR count). The van der Waals surface area contributed by atoms with Gasteiger partial charge in [0, 0.05) is 38.7 Å². The van der Waals surface area contributed by atoms with Gasteiger partial charge in [-0.2, -0.15) is 5.10 Å². The molecule has 160 valence electrons. The number of nitrogens with zero attached hydrogens (tertiary/aromatic N) is 3. The van der Waals surface area contributed by atoms with Gasteiger partial charge in [0.05, 0.1) is 11.9 Å². The summed E-state index contributed by atoms with van der Waals surface area (Å²) in [4.78, 5) is 26.6. The van der Waals surface area contributed by atoms with E-state index in [1.54, 1.807) is 6.20 Å². The van der Waals surface area contributed by atoms with Crippen LogP contribution in [0.2, 0.25) is 0 Å². The summed E-state index contributed by atoms with van der Waals surface area (Å²) < 4.78 is 1.82. The van der Waals surface area contributed by atoms with Crippen molar-refractivity contribution in [2.75, 3.05) is 13.1 Å². The third-order valence-electron chi connectivity index (χ3n) is 5.67. The molecule has 1 aliphatic heterocycles. The van der Waals surface area contributed by atoms with Crippen molar-refractivity contribution in [3.63, 3.8) is 0 Å². The first-order valence-electron chi connectivity index (χ1n) is 10.9. The molecule has 6 nitrogen and oxygen atoms in total. The Bertz CT molecular complexity index is 1030. The van der Waals surface area contributed by atoms with E-state index in [0.29, 0.717) is 38.8 Å². The van der Waals surface area contributed by atoms with E-state index < -0.39 is 0 Å². The molecule has 2 amide bonds. The number of para-hydroxylation sites is 1. The summed E-state index contributed by atoms with van der Waals surface area (Å²) in [5.74, 6) is 0.170. The molecule has 0 aliphatic carbocycles. The molecule has 0 spiro atoms. The molecule has 1 aliphatic rings. The minimum Gasteiger partial charge on any atom is -0.356 e. The molecular formula is C25H28N4O2. The lowest BCUT2D eigenvalue weighted by atomic mass is 9.99. The Morgan fingerprint density at radius 3 is 2.58 bits per heavy atom. The molecule has 0 saturated carbocycles. The van der Waals surface area contributed by atoms with E-state index in [0.717, 1.165) is 24.2 Å². The van der Waals surface area contributed by atoms with Gasteiger partial charge in [-0.1, -0.05) is 42.5 Å². The van der Waals surface area contributed by atoms with E-state index in [4.69, 9.17) is 0 Å². The third-order valence-corrected chi connectivity index (χ3v) is 5.67. The Hall–Kier alpha value is -3.41. The lowest BCUT2D eigenvalue weighted by Gasteiger charge is -2.29. The van der Waals surface area contributed by atoms with Crippen molar-refractivity contribution >= 4 is 11.8 Å². The van der Waals surface area contributed by atoms with Gasteiger partial charge >= 0.3 is 0 Å². The number of nitrogens with one attached hydrogen (secondary N) is 1. The summed E-state index contributed by atoms with van der Waals surface area (Å²) in [6.45, 7) is 2.00. The quantitative estimate of drug-likeness (QED) is 0.573. The van der Waals surface area contributed by atoms with Crippen molar-refractivity contribution in [2.24, 2.45) is 0 Å². The van der Waals surface area contributed by atoms with Gasteiger partial charge in [0.2, 0.25) is 11.8 Å². The zero-order valence-corrected chi connectivity index (χ0v) is 17.7. The summed E-state index contributed by atoms with van der Waals surface area (Å²) in [6, 6.07) is 18.2. The first-order chi connectivity index (χ1) is 15.2. The number of aromatic nitrogens is 2. The average Bonchev–Trinajstić information content (AvgIpc) is 3.30. The van der Waals surface area contributed by atoms with Crippen LogP contribution in [0.5, 0.6) is 0 Å². The fourth-order valence-corrected chi connectivity index (χ4v) is 3.89. The number of carbonyl (C=O) groups is 2. The zero-order chi connectivity index (χ0) is 21.5. The predicted octanol–water partition coefficient (Wildman–Crippen LogP) is 3.29. The van der Waals surface area contributed by atoms with Crippen LogP contribution in [0.25, 0.3) is 5.69 Å². The number of amides is 2. The molecule has 0 radical (unpaired) electrons. The Balaban J connectivity index is 1.14. The van der Waals surface area contributed by atoms with Crippen molar-refractivity contribution in [1.82, 2.24) is 20.0 Å². The average molecular weight is 417 g/mol. The molecule has 0 atom stereocenters. The highest BCUT2D eigenvalue weighted by Crippen LogP contribution is 2.19. The normalized spacial score (nSPS) is 13.0. The number of fused-ring (bicyclic) bond motifs is 1. The largest absolute Gasteiger partial charge is 0.356 e. The van der Waals surface area contributed by atoms with Crippen LogP contribution in [0.3, 0.4) is 0 Å². The molecule has 1 aromatic heterocycles. The fourth-order valence-electron chi connectivity index (χ4n) is 3.89. The second-order valence-corrected chi connectivity index (χ2v) is 7.92. The number of rotatable bonds is 8. The van der Waals surface area contributed by atoms with Crippen LogP contribution in [0.4, 0.5) is 0 Å². The van der Waals surface area contributed by atoms with Gasteiger partial charge in [0.15, 0.2) is 0 Å². The molecule has 2 aromatic carbocycles. The van der Waals surface area contributed by atoms with Gasteiger partial charge in [-0.25, -0.2) is 4.68 Å². The van der Waals surface area contributed by atoms with Gasteiger partial charge in [0.1, 0.15) is 0 Å². The third kappa shape index (κ3) is 5.60. The maximum atomic E-state index is 12.5. The van der Waals surface area contributed by atoms with Gasteiger partial charge in [0.25, 0.3) is 0 Å². The molecule has 3 aromatic rings. The minimum absolute atomic E-state index is 0.00631. The van der Waals surface area contributed by atoms with Crippen LogP contribution < -0.4 is 5.32 Å². The van der Waals surface area contributed by atoms with Gasteiger partial charge < -0.3 is 10.2 Å². The lowest BCUT2D eigenvalue weighted by Crippen LogP contribution is -2.36. The number of carbonyl (C=O) groups excluding carboxylic acids is 2. The molecule has 6 heteroatoms. The smallest absolute Gasteiger partial charge is 0.222 e.